The van der Waals surface area contributed by atoms with Crippen LogP contribution in [0.2, 0.25) is 0 Å². The number of carbonyl (C=O) groups excluding carboxylic acids is 1. The van der Waals surface area contributed by atoms with Crippen LogP contribution >= 0.6 is 11.8 Å². The molecule has 1 aliphatic heterocycles. The quantitative estimate of drug-likeness (QED) is 0.336. The molecule has 1 aromatic heterocycles. The SMILES string of the molecule is Cc1cccc(C)c1-n1c(SCC(=O)NC2CCOc3ccccc32)nc2ccccc2c1=O. The lowest BCUT2D eigenvalue weighted by Crippen LogP contribution is -2.33. The molecule has 1 N–H and O–H groups in total. The van der Waals surface area contributed by atoms with Gasteiger partial charge in [-0.1, -0.05) is 60.3 Å². The van der Waals surface area contributed by atoms with Crippen molar-refractivity contribution < 1.29 is 9.53 Å². The molecule has 1 unspecified atom stereocenters. The van der Waals surface area contributed by atoms with Gasteiger partial charge in [-0.25, -0.2) is 4.98 Å². The highest BCUT2D eigenvalue weighted by Crippen LogP contribution is 2.32. The molecule has 1 atom stereocenters. The van der Waals surface area contributed by atoms with Crippen molar-refractivity contribution in [2.75, 3.05) is 12.4 Å². The summed E-state index contributed by atoms with van der Waals surface area (Å²) >= 11 is 1.27. The van der Waals surface area contributed by atoms with Gasteiger partial charge in [0.25, 0.3) is 5.56 Å². The Morgan fingerprint density at radius 2 is 1.79 bits per heavy atom. The highest BCUT2D eigenvalue weighted by atomic mass is 32.2. The van der Waals surface area contributed by atoms with Crippen LogP contribution in [-0.4, -0.2) is 27.8 Å². The number of benzene rings is 3. The van der Waals surface area contributed by atoms with Crippen molar-refractivity contribution in [3.8, 4) is 11.4 Å². The fraction of sp³-hybridized carbons (Fsp3) is 0.222. The van der Waals surface area contributed by atoms with E-state index in [2.05, 4.69) is 5.32 Å². The van der Waals surface area contributed by atoms with Gasteiger partial charge in [0.05, 0.1) is 35.0 Å². The molecule has 7 heteroatoms. The monoisotopic (exact) mass is 471 g/mol. The predicted octanol–water partition coefficient (Wildman–Crippen LogP) is 4.73. The van der Waals surface area contributed by atoms with Gasteiger partial charge in [0.15, 0.2) is 5.16 Å². The molecule has 0 saturated carbocycles. The number of nitrogens with zero attached hydrogens (tertiary/aromatic N) is 2. The average molecular weight is 472 g/mol. The molecule has 1 amide bonds. The molecule has 0 fully saturated rings. The van der Waals surface area contributed by atoms with Crippen LogP contribution in [0, 0.1) is 13.8 Å². The number of ether oxygens (including phenoxy) is 1. The maximum Gasteiger partial charge on any atom is 0.266 e. The fourth-order valence-electron chi connectivity index (χ4n) is 4.42. The molecule has 0 aliphatic carbocycles. The van der Waals surface area contributed by atoms with Gasteiger partial charge in [-0.3, -0.25) is 14.2 Å². The van der Waals surface area contributed by atoms with Crippen LogP contribution in [0.5, 0.6) is 5.75 Å². The number of hydrogen-bond donors (Lipinski definition) is 1. The molecule has 0 radical (unpaired) electrons. The van der Waals surface area contributed by atoms with E-state index in [1.54, 1.807) is 10.6 Å². The van der Waals surface area contributed by atoms with Gasteiger partial charge >= 0.3 is 0 Å². The number of thioether (sulfide) groups is 1. The van der Waals surface area contributed by atoms with Crippen LogP contribution in [0.15, 0.2) is 76.7 Å². The van der Waals surface area contributed by atoms with Gasteiger partial charge in [-0.2, -0.15) is 0 Å². The smallest absolute Gasteiger partial charge is 0.266 e. The lowest BCUT2D eigenvalue weighted by molar-refractivity contribution is -0.119. The highest BCUT2D eigenvalue weighted by Gasteiger charge is 2.23. The number of fused-ring (bicyclic) bond motifs is 2. The zero-order valence-electron chi connectivity index (χ0n) is 19.1. The van der Waals surface area contributed by atoms with Gasteiger partial charge in [0.1, 0.15) is 5.75 Å². The van der Waals surface area contributed by atoms with Gasteiger partial charge in [-0.05, 0) is 43.2 Å². The minimum atomic E-state index is -0.135. The first kappa shape index (κ1) is 22.2. The summed E-state index contributed by atoms with van der Waals surface area (Å²) in [6.45, 7) is 4.52. The van der Waals surface area contributed by atoms with E-state index < -0.39 is 0 Å². The molecule has 0 saturated heterocycles. The number of para-hydroxylation sites is 3. The molecule has 2 heterocycles. The summed E-state index contributed by atoms with van der Waals surface area (Å²) in [4.78, 5) is 31.3. The number of hydrogen-bond acceptors (Lipinski definition) is 5. The van der Waals surface area contributed by atoms with Crippen LogP contribution < -0.4 is 15.6 Å². The Kier molecular flexibility index (Phi) is 6.11. The zero-order chi connectivity index (χ0) is 23.7. The van der Waals surface area contributed by atoms with Crippen molar-refractivity contribution in [2.45, 2.75) is 31.5 Å². The van der Waals surface area contributed by atoms with Gasteiger partial charge < -0.3 is 10.1 Å². The molecular weight excluding hydrogens is 446 g/mol. The first-order valence-corrected chi connectivity index (χ1v) is 12.2. The van der Waals surface area contributed by atoms with Crippen molar-refractivity contribution in [3.63, 3.8) is 0 Å². The van der Waals surface area contributed by atoms with E-state index in [0.29, 0.717) is 22.7 Å². The van der Waals surface area contributed by atoms with Crippen LogP contribution in [0.3, 0.4) is 0 Å². The summed E-state index contributed by atoms with van der Waals surface area (Å²) < 4.78 is 7.35. The second-order valence-corrected chi connectivity index (χ2v) is 9.32. The summed E-state index contributed by atoms with van der Waals surface area (Å²) in [5.74, 6) is 0.851. The minimum absolute atomic E-state index is 0.0941. The Balaban J connectivity index is 1.46. The van der Waals surface area contributed by atoms with E-state index in [-0.39, 0.29) is 23.3 Å². The maximum atomic E-state index is 13.5. The molecule has 172 valence electrons. The first-order chi connectivity index (χ1) is 16.5. The maximum absolute atomic E-state index is 13.5. The van der Waals surface area contributed by atoms with Gasteiger partial charge in [0, 0.05) is 12.0 Å². The molecule has 0 bridgehead atoms. The fourth-order valence-corrected chi connectivity index (χ4v) is 5.23. The summed E-state index contributed by atoms with van der Waals surface area (Å²) in [5, 5.41) is 4.18. The normalized spacial score (nSPS) is 14.9. The number of carbonyl (C=O) groups is 1. The van der Waals surface area contributed by atoms with Crippen LogP contribution in [0.25, 0.3) is 16.6 Å². The van der Waals surface area contributed by atoms with Crippen LogP contribution in [-0.2, 0) is 4.79 Å². The Morgan fingerprint density at radius 3 is 2.62 bits per heavy atom. The molecule has 34 heavy (non-hydrogen) atoms. The second-order valence-electron chi connectivity index (χ2n) is 8.38. The molecule has 3 aromatic carbocycles. The van der Waals surface area contributed by atoms with Crippen molar-refractivity contribution in [2.24, 2.45) is 0 Å². The summed E-state index contributed by atoms with van der Waals surface area (Å²) in [6.07, 6.45) is 0.717. The molecule has 6 nitrogen and oxygen atoms in total. The first-order valence-electron chi connectivity index (χ1n) is 11.2. The number of rotatable bonds is 5. The summed E-state index contributed by atoms with van der Waals surface area (Å²) in [6, 6.07) is 20.9. The third-order valence-electron chi connectivity index (χ3n) is 6.03. The van der Waals surface area contributed by atoms with E-state index >= 15 is 0 Å². The highest BCUT2D eigenvalue weighted by molar-refractivity contribution is 7.99. The van der Waals surface area contributed by atoms with Crippen LogP contribution in [0.4, 0.5) is 0 Å². The number of nitrogens with one attached hydrogen (secondary N) is 1. The number of aromatic nitrogens is 2. The second kappa shape index (κ2) is 9.35. The minimum Gasteiger partial charge on any atom is -0.493 e. The van der Waals surface area contributed by atoms with Crippen molar-refractivity contribution in [1.29, 1.82) is 0 Å². The van der Waals surface area contributed by atoms with E-state index in [1.165, 1.54) is 11.8 Å². The lowest BCUT2D eigenvalue weighted by Gasteiger charge is -2.26. The largest absolute Gasteiger partial charge is 0.493 e. The Hall–Kier alpha value is -3.58. The molecule has 0 spiro atoms. The van der Waals surface area contributed by atoms with E-state index in [4.69, 9.17) is 9.72 Å². The van der Waals surface area contributed by atoms with E-state index in [0.717, 1.165) is 34.5 Å². The van der Waals surface area contributed by atoms with Crippen molar-refractivity contribution in [3.05, 3.63) is 93.8 Å². The lowest BCUT2D eigenvalue weighted by atomic mass is 10.0. The zero-order valence-corrected chi connectivity index (χ0v) is 19.9. The Bertz CT molecular complexity index is 1430. The molecule has 4 aromatic rings. The Labute approximate surface area is 202 Å². The average Bonchev–Trinajstić information content (AvgIpc) is 2.84. The van der Waals surface area contributed by atoms with E-state index in [1.807, 2.05) is 74.5 Å². The van der Waals surface area contributed by atoms with Gasteiger partial charge in [0.2, 0.25) is 5.91 Å². The summed E-state index contributed by atoms with van der Waals surface area (Å²) in [5.41, 5.74) is 4.24. The number of aryl methyl sites for hydroxylation is 2. The van der Waals surface area contributed by atoms with Crippen molar-refractivity contribution >= 4 is 28.6 Å². The predicted molar refractivity (Wildman–Crippen MR) is 135 cm³/mol. The third kappa shape index (κ3) is 4.19. The van der Waals surface area contributed by atoms with Crippen LogP contribution in [0.1, 0.15) is 29.2 Å². The van der Waals surface area contributed by atoms with Gasteiger partial charge in [-0.15, -0.1) is 0 Å². The summed E-state index contributed by atoms with van der Waals surface area (Å²) in [7, 11) is 0. The topological polar surface area (TPSA) is 73.2 Å². The molecule has 5 rings (SSSR count). The Morgan fingerprint density at radius 1 is 1.06 bits per heavy atom. The number of amides is 1. The van der Waals surface area contributed by atoms with Crippen molar-refractivity contribution in [1.82, 2.24) is 14.9 Å². The molecular formula is C27H25N3O3S. The third-order valence-corrected chi connectivity index (χ3v) is 6.97. The molecule has 1 aliphatic rings. The standard InChI is InChI=1S/C27H25N3O3S/c1-17-8-7-9-18(2)25(17)30-26(32)20-11-3-5-12-21(20)29-27(30)34-16-24(31)28-22-14-15-33-23-13-6-4-10-19(22)23/h3-13,22H,14-16H2,1-2H3,(H,28,31). The van der Waals surface area contributed by atoms with E-state index in [9.17, 15) is 9.59 Å².